The Morgan fingerprint density at radius 2 is 2.38 bits per heavy atom. The Balaban J connectivity index is 2.49. The van der Waals surface area contributed by atoms with Gasteiger partial charge in [0.15, 0.2) is 0 Å². The molecule has 3 N–H and O–H groups in total. The topological polar surface area (TPSA) is 81.1 Å². The number of aryl methyl sites for hydroxylation is 2. The first kappa shape index (κ1) is 11.1. The average Bonchev–Trinajstić information content (AvgIpc) is 2.68. The first-order valence-corrected chi connectivity index (χ1v) is 5.45. The molecule has 1 aromatic rings. The van der Waals surface area contributed by atoms with Gasteiger partial charge in [-0.25, -0.2) is 0 Å². The summed E-state index contributed by atoms with van der Waals surface area (Å²) in [6, 6.07) is 0. The van der Waals surface area contributed by atoms with Crippen molar-refractivity contribution in [3.63, 3.8) is 0 Å². The van der Waals surface area contributed by atoms with Crippen LogP contribution in [0.1, 0.15) is 29.8 Å². The van der Waals surface area contributed by atoms with Crippen molar-refractivity contribution < 1.29 is 9.90 Å². The molecule has 1 aliphatic carbocycles. The Morgan fingerprint density at radius 1 is 1.69 bits per heavy atom. The summed E-state index contributed by atoms with van der Waals surface area (Å²) in [5.41, 5.74) is 8.54. The summed E-state index contributed by atoms with van der Waals surface area (Å²) >= 11 is 0. The van der Waals surface area contributed by atoms with Crippen LogP contribution in [0.2, 0.25) is 0 Å². The molecule has 88 valence electrons. The number of nitrogens with two attached hydrogens (primary N) is 1. The van der Waals surface area contributed by atoms with Crippen LogP contribution in [0.5, 0.6) is 0 Å². The van der Waals surface area contributed by atoms with Crippen molar-refractivity contribution in [2.75, 3.05) is 6.54 Å². The second kappa shape index (κ2) is 3.59. The van der Waals surface area contributed by atoms with Crippen molar-refractivity contribution in [2.45, 2.75) is 31.6 Å². The number of rotatable bonds is 3. The van der Waals surface area contributed by atoms with Gasteiger partial charge in [-0.15, -0.1) is 0 Å². The van der Waals surface area contributed by atoms with E-state index in [2.05, 4.69) is 5.10 Å². The molecule has 0 saturated carbocycles. The predicted octanol–water partition coefficient (Wildman–Crippen LogP) is 0.346. The van der Waals surface area contributed by atoms with Gasteiger partial charge >= 0.3 is 5.97 Å². The fourth-order valence-corrected chi connectivity index (χ4v) is 2.77. The molecule has 1 heterocycles. The van der Waals surface area contributed by atoms with Crippen molar-refractivity contribution in [1.29, 1.82) is 0 Å². The van der Waals surface area contributed by atoms with Crippen LogP contribution in [0.25, 0.3) is 0 Å². The van der Waals surface area contributed by atoms with E-state index in [4.69, 9.17) is 10.8 Å². The molecule has 1 atom stereocenters. The normalized spacial score (nSPS) is 23.4. The zero-order chi connectivity index (χ0) is 11.9. The molecule has 0 amide bonds. The van der Waals surface area contributed by atoms with E-state index in [-0.39, 0.29) is 6.42 Å². The molecule has 0 aliphatic heterocycles. The van der Waals surface area contributed by atoms with E-state index in [1.54, 1.807) is 0 Å². The maximum absolute atomic E-state index is 11.0. The van der Waals surface area contributed by atoms with Crippen molar-refractivity contribution in [3.8, 4) is 0 Å². The minimum Gasteiger partial charge on any atom is -0.481 e. The largest absolute Gasteiger partial charge is 0.481 e. The molecule has 1 unspecified atom stereocenters. The number of carbonyl (C=O) groups is 1. The summed E-state index contributed by atoms with van der Waals surface area (Å²) < 4.78 is 1.82. The standard InChI is InChI=1S/C11H17N3O2/c1-7-10-8(13-14(7)2)3-4-11(10,6-12)5-9(15)16/h3-6,12H2,1-2H3,(H,15,16). The molecule has 5 nitrogen and oxygen atoms in total. The second-order valence-corrected chi connectivity index (χ2v) is 4.59. The molecule has 16 heavy (non-hydrogen) atoms. The van der Waals surface area contributed by atoms with Crippen molar-refractivity contribution in [3.05, 3.63) is 17.0 Å². The summed E-state index contributed by atoms with van der Waals surface area (Å²) in [6.45, 7) is 2.35. The van der Waals surface area contributed by atoms with E-state index in [0.717, 1.165) is 29.8 Å². The molecule has 0 aromatic carbocycles. The van der Waals surface area contributed by atoms with Crippen LogP contribution < -0.4 is 5.73 Å². The van der Waals surface area contributed by atoms with Crippen LogP contribution in [0.15, 0.2) is 0 Å². The maximum Gasteiger partial charge on any atom is 0.304 e. The van der Waals surface area contributed by atoms with Gasteiger partial charge in [0.25, 0.3) is 0 Å². The van der Waals surface area contributed by atoms with Gasteiger partial charge in [0.2, 0.25) is 0 Å². The fourth-order valence-electron chi connectivity index (χ4n) is 2.77. The van der Waals surface area contributed by atoms with E-state index in [0.29, 0.717) is 6.54 Å². The number of carboxylic acid groups (broad SMARTS) is 1. The molecular formula is C11H17N3O2. The Kier molecular flexibility index (Phi) is 2.50. The predicted molar refractivity (Wildman–Crippen MR) is 59.3 cm³/mol. The van der Waals surface area contributed by atoms with Gasteiger partial charge in [-0.05, 0) is 19.8 Å². The van der Waals surface area contributed by atoms with E-state index < -0.39 is 11.4 Å². The van der Waals surface area contributed by atoms with Gasteiger partial charge in [-0.2, -0.15) is 5.10 Å². The molecule has 0 fully saturated rings. The zero-order valence-electron chi connectivity index (χ0n) is 9.66. The first-order valence-electron chi connectivity index (χ1n) is 5.45. The number of carboxylic acids is 1. The Bertz CT molecular complexity index is 439. The molecule has 0 bridgehead atoms. The Labute approximate surface area is 94.2 Å². The number of aromatic nitrogens is 2. The van der Waals surface area contributed by atoms with Crippen molar-refractivity contribution in [1.82, 2.24) is 9.78 Å². The van der Waals surface area contributed by atoms with E-state index >= 15 is 0 Å². The lowest BCUT2D eigenvalue weighted by Gasteiger charge is -2.26. The third-order valence-electron chi connectivity index (χ3n) is 3.66. The molecule has 0 radical (unpaired) electrons. The molecular weight excluding hydrogens is 206 g/mol. The van der Waals surface area contributed by atoms with Crippen LogP contribution in [-0.2, 0) is 23.7 Å². The highest BCUT2D eigenvalue weighted by Crippen LogP contribution is 2.42. The van der Waals surface area contributed by atoms with Crippen LogP contribution in [0, 0.1) is 6.92 Å². The monoisotopic (exact) mass is 223 g/mol. The van der Waals surface area contributed by atoms with E-state index in [9.17, 15) is 4.79 Å². The minimum absolute atomic E-state index is 0.100. The number of hydrogen-bond acceptors (Lipinski definition) is 3. The van der Waals surface area contributed by atoms with Gasteiger partial charge in [-0.3, -0.25) is 9.48 Å². The van der Waals surface area contributed by atoms with Gasteiger partial charge in [0.1, 0.15) is 0 Å². The summed E-state index contributed by atoms with van der Waals surface area (Å²) in [6.07, 6.45) is 1.74. The second-order valence-electron chi connectivity index (χ2n) is 4.59. The quantitative estimate of drug-likeness (QED) is 0.774. The van der Waals surface area contributed by atoms with Gasteiger partial charge < -0.3 is 10.8 Å². The summed E-state index contributed by atoms with van der Waals surface area (Å²) in [4.78, 5) is 11.0. The lowest BCUT2D eigenvalue weighted by molar-refractivity contribution is -0.138. The Morgan fingerprint density at radius 3 is 2.94 bits per heavy atom. The van der Waals surface area contributed by atoms with Gasteiger partial charge in [-0.1, -0.05) is 0 Å². The maximum atomic E-state index is 11.0. The Hall–Kier alpha value is -1.36. The van der Waals surface area contributed by atoms with Gasteiger partial charge in [0.05, 0.1) is 12.1 Å². The lowest BCUT2D eigenvalue weighted by Crippen LogP contribution is -2.35. The van der Waals surface area contributed by atoms with Crippen LogP contribution in [0.3, 0.4) is 0 Å². The number of aliphatic carboxylic acids is 1. The van der Waals surface area contributed by atoms with Crippen LogP contribution in [-0.4, -0.2) is 27.4 Å². The van der Waals surface area contributed by atoms with E-state index in [1.807, 2.05) is 18.7 Å². The fraction of sp³-hybridized carbons (Fsp3) is 0.636. The SMILES string of the molecule is Cc1c2c(nn1C)CCC2(CN)CC(=O)O. The van der Waals surface area contributed by atoms with Gasteiger partial charge in [0, 0.05) is 30.3 Å². The van der Waals surface area contributed by atoms with Crippen molar-refractivity contribution >= 4 is 5.97 Å². The third kappa shape index (κ3) is 1.43. The molecule has 1 aliphatic rings. The molecule has 0 saturated heterocycles. The summed E-state index contributed by atoms with van der Waals surface area (Å²) in [5, 5.41) is 13.4. The highest BCUT2D eigenvalue weighted by Gasteiger charge is 2.43. The summed E-state index contributed by atoms with van der Waals surface area (Å²) in [5.74, 6) is -0.790. The number of hydrogen-bond donors (Lipinski definition) is 2. The lowest BCUT2D eigenvalue weighted by atomic mass is 9.78. The van der Waals surface area contributed by atoms with E-state index in [1.165, 1.54) is 0 Å². The minimum atomic E-state index is -0.790. The molecule has 0 spiro atoms. The number of fused-ring (bicyclic) bond motifs is 1. The van der Waals surface area contributed by atoms with Crippen molar-refractivity contribution in [2.24, 2.45) is 12.8 Å². The number of nitrogens with zero attached hydrogens (tertiary/aromatic N) is 2. The highest BCUT2D eigenvalue weighted by atomic mass is 16.4. The average molecular weight is 223 g/mol. The smallest absolute Gasteiger partial charge is 0.304 e. The zero-order valence-corrected chi connectivity index (χ0v) is 9.66. The molecule has 2 rings (SSSR count). The van der Waals surface area contributed by atoms with Crippen LogP contribution in [0.4, 0.5) is 0 Å². The third-order valence-corrected chi connectivity index (χ3v) is 3.66. The molecule has 1 aromatic heterocycles. The van der Waals surface area contributed by atoms with Crippen LogP contribution >= 0.6 is 0 Å². The highest BCUT2D eigenvalue weighted by molar-refractivity contribution is 5.70. The first-order chi connectivity index (χ1) is 7.50. The summed E-state index contributed by atoms with van der Waals surface area (Å²) in [7, 11) is 1.88. The molecule has 5 heteroatoms.